The second-order valence-corrected chi connectivity index (χ2v) is 3.78. The zero-order chi connectivity index (χ0) is 11.8. The molecule has 17 heavy (non-hydrogen) atoms. The molecule has 0 atom stereocenters. The smallest absolute Gasteiger partial charge is 0.173 e. The van der Waals surface area contributed by atoms with E-state index in [1.54, 1.807) is 18.9 Å². The van der Waals surface area contributed by atoms with Crippen molar-refractivity contribution in [1.82, 2.24) is 29.1 Å². The molecule has 0 amide bonds. The summed E-state index contributed by atoms with van der Waals surface area (Å²) in [7, 11) is 1.94. The van der Waals surface area contributed by atoms with Crippen molar-refractivity contribution in [2.45, 2.75) is 6.54 Å². The van der Waals surface area contributed by atoms with Crippen LogP contribution < -0.4 is 5.49 Å². The first-order chi connectivity index (χ1) is 8.25. The topological polar surface area (TPSA) is 88.2 Å². The second-order valence-electron chi connectivity index (χ2n) is 3.78. The van der Waals surface area contributed by atoms with Crippen molar-refractivity contribution in [3.05, 3.63) is 36.4 Å². The number of fused-ring (bicyclic) bond motifs is 1. The summed E-state index contributed by atoms with van der Waals surface area (Å²) in [5.41, 5.74) is 1.56. The Morgan fingerprint density at radius 1 is 1.35 bits per heavy atom. The first-order valence-electron chi connectivity index (χ1n) is 5.15. The highest BCUT2D eigenvalue weighted by Gasteiger charge is 2.06. The van der Waals surface area contributed by atoms with Gasteiger partial charge in [-0.1, -0.05) is 0 Å². The number of hydrogen-bond donors (Lipinski definition) is 2. The van der Waals surface area contributed by atoms with E-state index in [-0.39, 0.29) is 5.49 Å². The van der Waals surface area contributed by atoms with E-state index in [2.05, 4.69) is 19.9 Å². The van der Waals surface area contributed by atoms with E-state index in [0.29, 0.717) is 17.7 Å². The molecule has 0 spiro atoms. The van der Waals surface area contributed by atoms with Gasteiger partial charge in [0.05, 0.1) is 19.2 Å². The Morgan fingerprint density at radius 2 is 2.24 bits per heavy atom. The standard InChI is InChI=1S/C10H11N7/c1-16-3-2-12-7(16)4-17-6-15-9(11)8-10(17)14-5-13-8/h2-3,5-6,11H,4H2,1H3,(H,13,14). The van der Waals surface area contributed by atoms with E-state index < -0.39 is 0 Å². The normalized spacial score (nSPS) is 11.1. The van der Waals surface area contributed by atoms with Crippen LogP contribution in [0.1, 0.15) is 5.82 Å². The summed E-state index contributed by atoms with van der Waals surface area (Å²) in [5.74, 6) is 0.916. The Balaban J connectivity index is 2.13. The number of nitrogens with one attached hydrogen (secondary N) is 2. The molecule has 0 aliphatic carbocycles. The summed E-state index contributed by atoms with van der Waals surface area (Å²) in [6.45, 7) is 0.581. The molecule has 0 unspecified atom stereocenters. The zero-order valence-corrected chi connectivity index (χ0v) is 9.25. The minimum atomic E-state index is 0.202. The van der Waals surface area contributed by atoms with Gasteiger partial charge in [0, 0.05) is 19.4 Å². The zero-order valence-electron chi connectivity index (χ0n) is 9.25. The maximum atomic E-state index is 7.65. The summed E-state index contributed by atoms with van der Waals surface area (Å²) in [4.78, 5) is 15.4. The summed E-state index contributed by atoms with van der Waals surface area (Å²) in [6, 6.07) is 0. The molecule has 7 nitrogen and oxygen atoms in total. The highest BCUT2D eigenvalue weighted by atomic mass is 15.1. The minimum absolute atomic E-state index is 0.202. The summed E-state index contributed by atoms with van der Waals surface area (Å²) >= 11 is 0. The van der Waals surface area contributed by atoms with Gasteiger partial charge in [-0.25, -0.2) is 15.0 Å². The van der Waals surface area contributed by atoms with Crippen LogP contribution in [0.15, 0.2) is 25.0 Å². The molecule has 0 saturated carbocycles. The second kappa shape index (κ2) is 3.55. The van der Waals surface area contributed by atoms with Crippen molar-refractivity contribution < 1.29 is 0 Å². The van der Waals surface area contributed by atoms with Crippen LogP contribution in [0.3, 0.4) is 0 Å². The van der Waals surface area contributed by atoms with Crippen LogP contribution in [0.2, 0.25) is 0 Å². The summed E-state index contributed by atoms with van der Waals surface area (Å²) in [5, 5.41) is 7.65. The Labute approximate surface area is 96.3 Å². The summed E-state index contributed by atoms with van der Waals surface area (Å²) < 4.78 is 3.81. The van der Waals surface area contributed by atoms with Crippen LogP contribution in [-0.2, 0) is 13.6 Å². The van der Waals surface area contributed by atoms with Crippen LogP contribution in [0, 0.1) is 5.41 Å². The third kappa shape index (κ3) is 1.52. The van der Waals surface area contributed by atoms with Gasteiger partial charge in [-0.2, -0.15) is 0 Å². The lowest BCUT2D eigenvalue weighted by Crippen LogP contribution is -2.14. The van der Waals surface area contributed by atoms with Gasteiger partial charge in [0.15, 0.2) is 11.1 Å². The molecule has 0 radical (unpaired) electrons. The molecule has 0 fully saturated rings. The first-order valence-corrected chi connectivity index (χ1v) is 5.15. The highest BCUT2D eigenvalue weighted by molar-refractivity contribution is 5.68. The van der Waals surface area contributed by atoms with Crippen molar-refractivity contribution in [3.63, 3.8) is 0 Å². The third-order valence-corrected chi connectivity index (χ3v) is 2.69. The van der Waals surface area contributed by atoms with E-state index in [9.17, 15) is 0 Å². The van der Waals surface area contributed by atoms with Gasteiger partial charge in [0.25, 0.3) is 0 Å². The fourth-order valence-electron chi connectivity index (χ4n) is 1.74. The lowest BCUT2D eigenvalue weighted by atomic mass is 10.5. The predicted octanol–water partition coefficient (Wildman–Crippen LogP) is 0.0207. The molecule has 0 aliphatic heterocycles. The first kappa shape index (κ1) is 9.76. The Morgan fingerprint density at radius 3 is 3.00 bits per heavy atom. The molecule has 0 aromatic carbocycles. The molecule has 7 heteroatoms. The number of aromatic nitrogens is 6. The average molecular weight is 229 g/mol. The van der Waals surface area contributed by atoms with Gasteiger partial charge >= 0.3 is 0 Å². The van der Waals surface area contributed by atoms with Crippen LogP contribution >= 0.6 is 0 Å². The number of nitrogens with zero attached hydrogens (tertiary/aromatic N) is 5. The molecule has 86 valence electrons. The maximum Gasteiger partial charge on any atom is 0.173 e. The molecule has 0 aliphatic rings. The van der Waals surface area contributed by atoms with E-state index in [4.69, 9.17) is 5.41 Å². The molecule has 3 heterocycles. The molecule has 0 saturated heterocycles. The van der Waals surface area contributed by atoms with Crippen molar-refractivity contribution >= 4 is 11.2 Å². The van der Waals surface area contributed by atoms with Crippen molar-refractivity contribution in [3.8, 4) is 0 Å². The van der Waals surface area contributed by atoms with Gasteiger partial charge in [0.2, 0.25) is 0 Å². The van der Waals surface area contributed by atoms with Crippen LogP contribution in [-0.4, -0.2) is 29.1 Å². The Kier molecular flexibility index (Phi) is 2.04. The lowest BCUT2D eigenvalue weighted by molar-refractivity contribution is 0.696. The minimum Gasteiger partial charge on any atom is -0.340 e. The molecule has 3 rings (SSSR count). The van der Waals surface area contributed by atoms with Crippen LogP contribution in [0.25, 0.3) is 11.2 Å². The molecule has 3 aromatic heterocycles. The van der Waals surface area contributed by atoms with E-state index in [1.807, 2.05) is 22.4 Å². The average Bonchev–Trinajstić information content (AvgIpc) is 2.93. The lowest BCUT2D eigenvalue weighted by Gasteiger charge is -2.06. The Bertz CT molecular complexity index is 717. The number of H-pyrrole nitrogens is 1. The molecule has 2 N–H and O–H groups in total. The van der Waals surface area contributed by atoms with E-state index in [0.717, 1.165) is 5.82 Å². The SMILES string of the molecule is Cn1ccnc1Cn1cnc(=N)c2[nH]cnc21. The highest BCUT2D eigenvalue weighted by Crippen LogP contribution is 2.05. The third-order valence-electron chi connectivity index (χ3n) is 2.69. The number of hydrogen-bond acceptors (Lipinski definition) is 4. The van der Waals surface area contributed by atoms with Crippen molar-refractivity contribution in [2.24, 2.45) is 7.05 Å². The van der Waals surface area contributed by atoms with Crippen molar-refractivity contribution in [2.75, 3.05) is 0 Å². The summed E-state index contributed by atoms with van der Waals surface area (Å²) in [6.07, 6.45) is 6.83. The van der Waals surface area contributed by atoms with Gasteiger partial charge in [-0.15, -0.1) is 0 Å². The molecule has 3 aromatic rings. The number of imidazole rings is 2. The van der Waals surface area contributed by atoms with Crippen LogP contribution in [0.4, 0.5) is 0 Å². The quantitative estimate of drug-likeness (QED) is 0.649. The fourth-order valence-corrected chi connectivity index (χ4v) is 1.74. The monoisotopic (exact) mass is 229 g/mol. The fraction of sp³-hybridized carbons (Fsp3) is 0.200. The molecular weight excluding hydrogens is 218 g/mol. The maximum absolute atomic E-state index is 7.65. The van der Waals surface area contributed by atoms with Gasteiger partial charge in [-0.3, -0.25) is 5.41 Å². The largest absolute Gasteiger partial charge is 0.340 e. The van der Waals surface area contributed by atoms with E-state index in [1.165, 1.54) is 0 Å². The number of rotatable bonds is 2. The number of aryl methyl sites for hydroxylation is 1. The molecule has 0 bridgehead atoms. The Hall–Kier alpha value is -2.44. The van der Waals surface area contributed by atoms with Crippen LogP contribution in [0.5, 0.6) is 0 Å². The van der Waals surface area contributed by atoms with Gasteiger partial charge in [0.1, 0.15) is 11.3 Å². The predicted molar refractivity (Wildman–Crippen MR) is 60.0 cm³/mol. The van der Waals surface area contributed by atoms with Gasteiger partial charge < -0.3 is 14.1 Å². The number of aromatic amines is 1. The van der Waals surface area contributed by atoms with E-state index >= 15 is 0 Å². The van der Waals surface area contributed by atoms with Gasteiger partial charge in [-0.05, 0) is 0 Å². The van der Waals surface area contributed by atoms with Crippen molar-refractivity contribution in [1.29, 1.82) is 5.41 Å². The molecular formula is C10H11N7.